The monoisotopic (exact) mass is 375 g/mol. The van der Waals surface area contributed by atoms with Gasteiger partial charge < -0.3 is 4.74 Å². The smallest absolute Gasteiger partial charge is 0.338 e. The lowest BCUT2D eigenvalue weighted by atomic mass is 10.0. The number of rotatable bonds is 6. The number of hydrogen-bond acceptors (Lipinski definition) is 5. The Labute approximate surface area is 153 Å². The van der Waals surface area contributed by atoms with Gasteiger partial charge in [-0.3, -0.25) is 4.79 Å². The highest BCUT2D eigenvalue weighted by atomic mass is 32.2. The molecular weight excluding hydrogens is 354 g/mol. The third-order valence-corrected chi connectivity index (χ3v) is 5.69. The highest BCUT2D eigenvalue weighted by Gasteiger charge is 2.20. The van der Waals surface area contributed by atoms with Crippen LogP contribution in [0.1, 0.15) is 31.8 Å². The van der Waals surface area contributed by atoms with Crippen molar-refractivity contribution in [2.45, 2.75) is 18.7 Å². The van der Waals surface area contributed by atoms with Gasteiger partial charge in [0.1, 0.15) is 0 Å². The van der Waals surface area contributed by atoms with Crippen molar-refractivity contribution in [1.82, 2.24) is 4.31 Å². The molecule has 7 heteroatoms. The number of ether oxygens (including phenoxy) is 1. The summed E-state index contributed by atoms with van der Waals surface area (Å²) in [4.78, 5) is 24.5. The van der Waals surface area contributed by atoms with Gasteiger partial charge in [-0.25, -0.2) is 17.5 Å². The molecule has 0 aliphatic carbocycles. The minimum atomic E-state index is -3.66. The molecule has 0 atom stereocenters. The Morgan fingerprint density at radius 3 is 2.38 bits per heavy atom. The standard InChI is InChI=1S/C19H21NO5S/c1-13-8-9-14(2)17(10-13)18(21)12-25-19(22)15-6-5-7-16(11-15)26(23,24)20(3)4/h5-11H,12H2,1-4H3. The number of carbonyl (C=O) groups is 2. The number of sulfonamides is 1. The van der Waals surface area contributed by atoms with E-state index in [1.54, 1.807) is 6.07 Å². The number of aryl methyl sites for hydroxylation is 2. The van der Waals surface area contributed by atoms with E-state index >= 15 is 0 Å². The van der Waals surface area contributed by atoms with Crippen LogP contribution in [0.5, 0.6) is 0 Å². The van der Waals surface area contributed by atoms with E-state index < -0.39 is 22.6 Å². The summed E-state index contributed by atoms with van der Waals surface area (Å²) in [5.74, 6) is -1.06. The lowest BCUT2D eigenvalue weighted by Gasteiger charge is -2.12. The molecule has 0 aliphatic rings. The Morgan fingerprint density at radius 2 is 1.73 bits per heavy atom. The minimum absolute atomic E-state index is 0.0159. The van der Waals surface area contributed by atoms with Gasteiger partial charge in [-0.05, 0) is 43.7 Å². The fourth-order valence-electron chi connectivity index (χ4n) is 2.32. The SMILES string of the molecule is Cc1ccc(C)c(C(=O)COC(=O)c2cccc(S(=O)(=O)N(C)C)c2)c1. The molecule has 0 N–H and O–H groups in total. The molecule has 0 radical (unpaired) electrons. The van der Waals surface area contributed by atoms with Crippen molar-refractivity contribution in [2.75, 3.05) is 20.7 Å². The predicted molar refractivity (Wildman–Crippen MR) is 97.8 cm³/mol. The third kappa shape index (κ3) is 4.36. The van der Waals surface area contributed by atoms with Crippen molar-refractivity contribution in [1.29, 1.82) is 0 Å². The fourth-order valence-corrected chi connectivity index (χ4v) is 3.27. The number of esters is 1. The van der Waals surface area contributed by atoms with E-state index in [4.69, 9.17) is 4.74 Å². The van der Waals surface area contributed by atoms with Gasteiger partial charge in [0.2, 0.25) is 15.8 Å². The highest BCUT2D eigenvalue weighted by molar-refractivity contribution is 7.89. The summed E-state index contributed by atoms with van der Waals surface area (Å²) >= 11 is 0. The van der Waals surface area contributed by atoms with Crippen LogP contribution in [0.3, 0.4) is 0 Å². The normalized spacial score (nSPS) is 11.4. The molecule has 2 rings (SSSR count). The molecule has 0 heterocycles. The van der Waals surface area contributed by atoms with Gasteiger partial charge in [-0.15, -0.1) is 0 Å². The second kappa shape index (κ2) is 7.80. The molecule has 6 nitrogen and oxygen atoms in total. The van der Waals surface area contributed by atoms with Gasteiger partial charge in [0.15, 0.2) is 6.61 Å². The van der Waals surface area contributed by atoms with Crippen LogP contribution >= 0.6 is 0 Å². The van der Waals surface area contributed by atoms with E-state index in [9.17, 15) is 18.0 Å². The van der Waals surface area contributed by atoms with Crippen molar-refractivity contribution >= 4 is 21.8 Å². The molecular formula is C19H21NO5S. The first-order valence-electron chi connectivity index (χ1n) is 7.93. The van der Waals surface area contributed by atoms with Gasteiger partial charge in [0.25, 0.3) is 0 Å². The summed E-state index contributed by atoms with van der Waals surface area (Å²) in [5.41, 5.74) is 2.31. The zero-order chi connectivity index (χ0) is 19.5. The van der Waals surface area contributed by atoms with Gasteiger partial charge in [0, 0.05) is 19.7 Å². The van der Waals surface area contributed by atoms with E-state index in [1.165, 1.54) is 38.4 Å². The zero-order valence-corrected chi connectivity index (χ0v) is 16.0. The van der Waals surface area contributed by atoms with Crippen LogP contribution in [-0.4, -0.2) is 45.2 Å². The molecule has 0 fully saturated rings. The fraction of sp³-hybridized carbons (Fsp3) is 0.263. The van der Waals surface area contributed by atoms with Crippen LogP contribution in [0.4, 0.5) is 0 Å². The van der Waals surface area contributed by atoms with Crippen molar-refractivity contribution < 1.29 is 22.7 Å². The number of nitrogens with zero attached hydrogens (tertiary/aromatic N) is 1. The Hall–Kier alpha value is -2.51. The molecule has 2 aromatic carbocycles. The quantitative estimate of drug-likeness (QED) is 0.573. The van der Waals surface area contributed by atoms with Crippen molar-refractivity contribution in [2.24, 2.45) is 0 Å². The predicted octanol–water partition coefficient (Wildman–Crippen LogP) is 2.59. The molecule has 0 aliphatic heterocycles. The van der Waals surface area contributed by atoms with E-state index in [1.807, 2.05) is 26.0 Å². The van der Waals surface area contributed by atoms with Crippen molar-refractivity contribution in [3.05, 3.63) is 64.7 Å². The maximum Gasteiger partial charge on any atom is 0.338 e. The Morgan fingerprint density at radius 1 is 1.04 bits per heavy atom. The van der Waals surface area contributed by atoms with Crippen LogP contribution in [0, 0.1) is 13.8 Å². The Balaban J connectivity index is 2.14. The molecule has 26 heavy (non-hydrogen) atoms. The molecule has 0 saturated carbocycles. The minimum Gasteiger partial charge on any atom is -0.454 e. The van der Waals surface area contributed by atoms with Gasteiger partial charge in [-0.2, -0.15) is 0 Å². The van der Waals surface area contributed by atoms with Gasteiger partial charge >= 0.3 is 5.97 Å². The molecule has 0 unspecified atom stereocenters. The number of Topliss-reactive ketones (excluding diaryl/α,β-unsaturated/α-hetero) is 1. The molecule has 138 valence electrons. The van der Waals surface area contributed by atoms with E-state index in [0.717, 1.165) is 15.4 Å². The first kappa shape index (κ1) is 19.8. The first-order valence-corrected chi connectivity index (χ1v) is 9.37. The summed E-state index contributed by atoms with van der Waals surface area (Å²) in [7, 11) is -0.847. The Bertz CT molecular complexity index is 948. The Kier molecular flexibility index (Phi) is 5.94. The van der Waals surface area contributed by atoms with Gasteiger partial charge in [-0.1, -0.05) is 23.8 Å². The molecule has 0 aromatic heterocycles. The maximum atomic E-state index is 12.3. The maximum absolute atomic E-state index is 12.3. The molecule has 0 saturated heterocycles. The summed E-state index contributed by atoms with van der Waals surface area (Å²) in [6, 6.07) is 11.0. The number of benzene rings is 2. The van der Waals surface area contributed by atoms with E-state index in [-0.39, 0.29) is 16.2 Å². The number of carbonyl (C=O) groups excluding carboxylic acids is 2. The van der Waals surface area contributed by atoms with Gasteiger partial charge in [0.05, 0.1) is 10.5 Å². The second-order valence-corrected chi connectivity index (χ2v) is 8.28. The summed E-state index contributed by atoms with van der Waals surface area (Å²) in [5, 5.41) is 0. The third-order valence-electron chi connectivity index (χ3n) is 3.88. The highest BCUT2D eigenvalue weighted by Crippen LogP contribution is 2.16. The summed E-state index contributed by atoms with van der Waals surface area (Å²) in [6.07, 6.45) is 0. The summed E-state index contributed by atoms with van der Waals surface area (Å²) < 4.78 is 30.4. The van der Waals surface area contributed by atoms with Crippen molar-refractivity contribution in [3.8, 4) is 0 Å². The molecule has 0 amide bonds. The van der Waals surface area contributed by atoms with Crippen LogP contribution in [0.15, 0.2) is 47.4 Å². The largest absolute Gasteiger partial charge is 0.454 e. The van der Waals surface area contributed by atoms with Crippen LogP contribution < -0.4 is 0 Å². The molecule has 0 spiro atoms. The average Bonchev–Trinajstić information content (AvgIpc) is 2.61. The van der Waals surface area contributed by atoms with E-state index in [2.05, 4.69) is 0 Å². The van der Waals surface area contributed by atoms with Crippen LogP contribution in [-0.2, 0) is 14.8 Å². The summed E-state index contributed by atoms with van der Waals surface area (Å²) in [6.45, 7) is 3.27. The van der Waals surface area contributed by atoms with Crippen molar-refractivity contribution in [3.63, 3.8) is 0 Å². The second-order valence-electron chi connectivity index (χ2n) is 6.13. The van der Waals surface area contributed by atoms with Crippen LogP contribution in [0.25, 0.3) is 0 Å². The topological polar surface area (TPSA) is 80.8 Å². The molecule has 2 aromatic rings. The average molecular weight is 375 g/mol. The molecule has 0 bridgehead atoms. The zero-order valence-electron chi connectivity index (χ0n) is 15.1. The number of hydrogen-bond donors (Lipinski definition) is 0. The van der Waals surface area contributed by atoms with E-state index in [0.29, 0.717) is 5.56 Å². The lowest BCUT2D eigenvalue weighted by Crippen LogP contribution is -2.22. The van der Waals surface area contributed by atoms with Crippen LogP contribution in [0.2, 0.25) is 0 Å². The number of ketones is 1. The first-order chi connectivity index (χ1) is 12.1. The lowest BCUT2D eigenvalue weighted by molar-refractivity contribution is 0.0474.